The minimum absolute atomic E-state index is 0.500. The van der Waals surface area contributed by atoms with Crippen molar-refractivity contribution in [2.75, 3.05) is 11.9 Å². The highest BCUT2D eigenvalue weighted by atomic mass is 32.2. The van der Waals surface area contributed by atoms with E-state index in [9.17, 15) is 0 Å². The summed E-state index contributed by atoms with van der Waals surface area (Å²) in [5.74, 6) is 0. The molecule has 1 aromatic heterocycles. The molecule has 39 heavy (non-hydrogen) atoms. The van der Waals surface area contributed by atoms with E-state index in [1.165, 1.54) is 13.9 Å². The standard InChI is InChI=1S/C32H24BF2N3S/c1-36-30-16-8-9-17-31(30)39-32(36)18-10-15-25-28-21-19-26(23-11-4-2-5-12-23)37(28)33(34,35)38-27(20-22-29(25)38)24-13-6-3-7-14-24/h2-22H,1H3/b15-10+,32-18+. The molecule has 190 valence electrons. The van der Waals surface area contributed by atoms with E-state index < -0.39 is 6.97 Å². The maximum Gasteiger partial charge on any atom is 0.737 e. The van der Waals surface area contributed by atoms with Crippen LogP contribution < -0.4 is 4.90 Å². The first-order valence-corrected chi connectivity index (χ1v) is 13.7. The molecular formula is C32H24BF2N3S. The van der Waals surface area contributed by atoms with Crippen LogP contribution >= 0.6 is 11.8 Å². The van der Waals surface area contributed by atoms with Crippen LogP contribution in [0, 0.1) is 0 Å². The van der Waals surface area contributed by atoms with Gasteiger partial charge in [0, 0.05) is 41.0 Å². The molecule has 4 heterocycles. The van der Waals surface area contributed by atoms with Crippen LogP contribution in [0.25, 0.3) is 16.8 Å². The van der Waals surface area contributed by atoms with Crippen molar-refractivity contribution < 1.29 is 13.1 Å². The third-order valence-corrected chi connectivity index (χ3v) is 8.61. The molecule has 7 heteroatoms. The fourth-order valence-electron chi connectivity index (χ4n) is 5.60. The molecule has 3 nitrogen and oxygen atoms in total. The summed E-state index contributed by atoms with van der Waals surface area (Å²) in [6.45, 7) is -4.16. The molecule has 3 aromatic carbocycles. The van der Waals surface area contributed by atoms with Crippen molar-refractivity contribution in [2.24, 2.45) is 0 Å². The Morgan fingerprint density at radius 3 is 2.18 bits per heavy atom. The van der Waals surface area contributed by atoms with Crippen LogP contribution in [0.15, 0.2) is 143 Å². The monoisotopic (exact) mass is 531 g/mol. The highest BCUT2D eigenvalue weighted by molar-refractivity contribution is 8.03. The summed E-state index contributed by atoms with van der Waals surface area (Å²) >= 11 is 1.70. The third-order valence-electron chi connectivity index (χ3n) is 7.42. The van der Waals surface area contributed by atoms with E-state index in [2.05, 4.69) is 17.0 Å². The number of nitrogens with zero attached hydrogens (tertiary/aromatic N) is 3. The number of allylic oxidation sites excluding steroid dienone is 6. The lowest BCUT2D eigenvalue weighted by Gasteiger charge is -2.33. The fraction of sp³-hybridized carbons (Fsp3) is 0.0312. The Labute approximate surface area is 230 Å². The number of hydrogen-bond acceptors (Lipinski definition) is 2. The van der Waals surface area contributed by atoms with Crippen LogP contribution in [0.4, 0.5) is 14.3 Å². The highest BCUT2D eigenvalue weighted by Crippen LogP contribution is 2.45. The van der Waals surface area contributed by atoms with E-state index in [0.717, 1.165) is 27.4 Å². The zero-order valence-electron chi connectivity index (χ0n) is 21.2. The van der Waals surface area contributed by atoms with Crippen LogP contribution in [-0.4, -0.2) is 28.7 Å². The van der Waals surface area contributed by atoms with Crippen molar-refractivity contribution in [3.63, 3.8) is 0 Å². The summed E-state index contributed by atoms with van der Waals surface area (Å²) in [5.41, 5.74) is 5.46. The molecule has 0 bridgehead atoms. The van der Waals surface area contributed by atoms with Crippen LogP contribution in [0.5, 0.6) is 0 Å². The van der Waals surface area contributed by atoms with Crippen LogP contribution in [0.1, 0.15) is 11.3 Å². The van der Waals surface area contributed by atoms with Gasteiger partial charge in [0.25, 0.3) is 0 Å². The Morgan fingerprint density at radius 1 is 0.769 bits per heavy atom. The average molecular weight is 531 g/mol. The maximum atomic E-state index is 16.6. The smallest absolute Gasteiger partial charge is 0.389 e. The molecular weight excluding hydrogens is 507 g/mol. The summed E-state index contributed by atoms with van der Waals surface area (Å²) < 4.78 is 35.7. The van der Waals surface area contributed by atoms with Gasteiger partial charge in [-0.1, -0.05) is 78.5 Å². The largest absolute Gasteiger partial charge is 0.737 e. The number of para-hydroxylation sites is 1. The molecule has 0 N–H and O–H groups in total. The zero-order chi connectivity index (χ0) is 26.6. The van der Waals surface area contributed by atoms with Gasteiger partial charge in [-0.15, -0.1) is 0 Å². The van der Waals surface area contributed by atoms with Gasteiger partial charge in [-0.05, 0) is 54.1 Å². The molecule has 0 aliphatic carbocycles. The van der Waals surface area contributed by atoms with Gasteiger partial charge >= 0.3 is 6.97 Å². The van der Waals surface area contributed by atoms with Crippen molar-refractivity contribution in [2.45, 2.75) is 4.90 Å². The van der Waals surface area contributed by atoms with E-state index in [1.807, 2.05) is 110 Å². The van der Waals surface area contributed by atoms with Crippen molar-refractivity contribution in [1.29, 1.82) is 0 Å². The molecule has 0 saturated heterocycles. The topological polar surface area (TPSA) is 11.2 Å². The van der Waals surface area contributed by atoms with E-state index in [-0.39, 0.29) is 0 Å². The summed E-state index contributed by atoms with van der Waals surface area (Å²) in [4.78, 5) is 3.36. The number of fused-ring (bicyclic) bond motifs is 3. The SMILES string of the molecule is CN1/C(=C\C=C\C2=C3C=CC(c4ccccc4)=[N+]3[B-](F)(F)n3c2ccc3-c2ccccc2)Sc2ccccc21. The van der Waals surface area contributed by atoms with Crippen molar-refractivity contribution in [3.8, 4) is 11.3 Å². The minimum Gasteiger partial charge on any atom is -0.389 e. The first-order valence-electron chi connectivity index (χ1n) is 12.9. The van der Waals surface area contributed by atoms with E-state index in [0.29, 0.717) is 22.8 Å². The predicted octanol–water partition coefficient (Wildman–Crippen LogP) is 7.81. The van der Waals surface area contributed by atoms with Crippen LogP contribution in [0.2, 0.25) is 0 Å². The predicted molar refractivity (Wildman–Crippen MR) is 158 cm³/mol. The summed E-state index contributed by atoms with van der Waals surface area (Å²) in [5, 5.41) is 1.08. The van der Waals surface area contributed by atoms with Crippen LogP contribution in [-0.2, 0) is 0 Å². The van der Waals surface area contributed by atoms with E-state index in [1.54, 1.807) is 23.9 Å². The third kappa shape index (κ3) is 3.76. The van der Waals surface area contributed by atoms with Crippen LogP contribution in [0.3, 0.4) is 0 Å². The molecule has 0 atom stereocenters. The molecule has 0 spiro atoms. The number of rotatable bonds is 4. The van der Waals surface area contributed by atoms with Gasteiger partial charge in [-0.25, -0.2) is 0 Å². The Bertz CT molecular complexity index is 1770. The molecule has 0 fully saturated rings. The second-order valence-corrected chi connectivity index (χ2v) is 10.7. The van der Waals surface area contributed by atoms with Gasteiger partial charge in [0.1, 0.15) is 0 Å². The highest BCUT2D eigenvalue weighted by Gasteiger charge is 2.54. The average Bonchev–Trinajstić information content (AvgIpc) is 3.69. The second-order valence-electron chi connectivity index (χ2n) is 9.67. The molecule has 0 unspecified atom stereocenters. The van der Waals surface area contributed by atoms with Gasteiger partial charge in [-0.3, -0.25) is 0 Å². The number of thioether (sulfide) groups is 1. The summed E-state index contributed by atoms with van der Waals surface area (Å²) in [7, 11) is 2.05. The number of hydrogen-bond donors (Lipinski definition) is 0. The van der Waals surface area contributed by atoms with E-state index >= 15 is 8.63 Å². The number of aromatic nitrogens is 1. The molecule has 0 radical (unpaired) electrons. The van der Waals surface area contributed by atoms with Crippen molar-refractivity contribution in [3.05, 3.63) is 149 Å². The van der Waals surface area contributed by atoms with E-state index in [4.69, 9.17) is 0 Å². The maximum absolute atomic E-state index is 16.6. The summed E-state index contributed by atoms with van der Waals surface area (Å²) in [6, 6.07) is 30.7. The lowest BCUT2D eigenvalue weighted by molar-refractivity contribution is -0.360. The minimum atomic E-state index is -4.16. The van der Waals surface area contributed by atoms with Gasteiger partial charge in [0.15, 0.2) is 11.4 Å². The van der Waals surface area contributed by atoms with Gasteiger partial charge in [0.05, 0.1) is 16.3 Å². The van der Waals surface area contributed by atoms with Gasteiger partial charge in [-0.2, -0.15) is 0 Å². The second kappa shape index (κ2) is 9.14. The lowest BCUT2D eigenvalue weighted by atomic mass is 9.86. The number of anilines is 1. The normalized spacial score (nSPS) is 18.3. The molecule has 3 aliphatic heterocycles. The Hall–Kier alpha value is -4.36. The van der Waals surface area contributed by atoms with Crippen molar-refractivity contribution >= 4 is 35.7 Å². The molecule has 4 aromatic rings. The van der Waals surface area contributed by atoms with Crippen molar-refractivity contribution in [1.82, 2.24) is 4.48 Å². The Morgan fingerprint density at radius 2 is 1.44 bits per heavy atom. The molecule has 0 saturated carbocycles. The van der Waals surface area contributed by atoms with Gasteiger partial charge < -0.3 is 22.5 Å². The Balaban J connectivity index is 1.39. The molecule has 0 amide bonds. The first kappa shape index (κ1) is 23.7. The number of halogens is 2. The molecule has 3 aliphatic rings. The zero-order valence-corrected chi connectivity index (χ0v) is 22.0. The first-order chi connectivity index (χ1) is 19.0. The summed E-state index contributed by atoms with van der Waals surface area (Å²) in [6.07, 6.45) is 9.59. The van der Waals surface area contributed by atoms with Gasteiger partial charge in [0.2, 0.25) is 0 Å². The fourth-order valence-corrected chi connectivity index (χ4v) is 6.67. The number of benzene rings is 3. The molecule has 7 rings (SSSR count). The Kier molecular flexibility index (Phi) is 5.56. The lowest BCUT2D eigenvalue weighted by Crippen LogP contribution is -2.51. The quantitative estimate of drug-likeness (QED) is 0.249.